The number of aryl methyl sites for hydroxylation is 2. The number of anilines is 2. The van der Waals surface area contributed by atoms with Gasteiger partial charge in [0.2, 0.25) is 11.8 Å². The minimum absolute atomic E-state index is 0.123. The molecule has 3 aromatic rings. The average molecular weight is 386 g/mol. The van der Waals surface area contributed by atoms with E-state index in [0.29, 0.717) is 5.13 Å². The van der Waals surface area contributed by atoms with E-state index < -0.39 is 0 Å². The van der Waals surface area contributed by atoms with Crippen LogP contribution in [-0.4, -0.2) is 28.3 Å². The van der Waals surface area contributed by atoms with E-state index in [1.807, 2.05) is 56.3 Å². The normalized spacial score (nSPS) is 10.7. The minimum Gasteiger partial charge on any atom is -0.325 e. The van der Waals surface area contributed by atoms with Gasteiger partial charge >= 0.3 is 0 Å². The molecule has 2 N–H and O–H groups in total. The van der Waals surface area contributed by atoms with E-state index in [1.165, 1.54) is 23.1 Å². The largest absolute Gasteiger partial charge is 0.325 e. The standard InChI is InChI=1S/C19H19N3O2S2/c1-12-3-6-14(7-4-12)20-17(23)10-25-11-18(24)22-19-21-15-9-13(2)5-8-16(15)26-19/h3-9H,10-11H2,1-2H3,(H,20,23)(H,21,22,24). The number of thiazole rings is 1. The molecular formula is C19H19N3O2S2. The molecule has 1 aromatic heterocycles. The first-order chi connectivity index (χ1) is 12.5. The van der Waals surface area contributed by atoms with Crippen molar-refractivity contribution in [3.63, 3.8) is 0 Å². The summed E-state index contributed by atoms with van der Waals surface area (Å²) in [6, 6.07) is 13.6. The van der Waals surface area contributed by atoms with Crippen LogP contribution in [0.25, 0.3) is 10.2 Å². The van der Waals surface area contributed by atoms with Gasteiger partial charge in [0.25, 0.3) is 0 Å². The molecule has 0 fully saturated rings. The van der Waals surface area contributed by atoms with Gasteiger partial charge in [0, 0.05) is 5.69 Å². The lowest BCUT2D eigenvalue weighted by atomic mass is 10.2. The van der Waals surface area contributed by atoms with E-state index in [1.54, 1.807) is 0 Å². The van der Waals surface area contributed by atoms with Crippen molar-refractivity contribution < 1.29 is 9.59 Å². The molecule has 0 spiro atoms. The molecule has 2 aromatic carbocycles. The molecule has 0 atom stereocenters. The fraction of sp³-hybridized carbons (Fsp3) is 0.211. The molecule has 0 bridgehead atoms. The summed E-state index contributed by atoms with van der Waals surface area (Å²) in [4.78, 5) is 28.4. The lowest BCUT2D eigenvalue weighted by Gasteiger charge is -2.05. The predicted octanol–water partition coefficient (Wildman–Crippen LogP) is 4.22. The van der Waals surface area contributed by atoms with Gasteiger partial charge in [-0.05, 0) is 43.7 Å². The number of nitrogens with zero attached hydrogens (tertiary/aromatic N) is 1. The lowest BCUT2D eigenvalue weighted by molar-refractivity contribution is -0.114. The highest BCUT2D eigenvalue weighted by atomic mass is 32.2. The van der Waals surface area contributed by atoms with Crippen LogP contribution in [0.15, 0.2) is 42.5 Å². The first-order valence-corrected chi connectivity index (χ1v) is 10.1. The Bertz CT molecular complexity index is 936. The number of carbonyl (C=O) groups excluding carboxylic acids is 2. The molecule has 0 saturated heterocycles. The maximum Gasteiger partial charge on any atom is 0.236 e. The number of carbonyl (C=O) groups is 2. The second-order valence-electron chi connectivity index (χ2n) is 5.95. The number of thioether (sulfide) groups is 1. The number of hydrogen-bond donors (Lipinski definition) is 2. The fourth-order valence-electron chi connectivity index (χ4n) is 2.32. The van der Waals surface area contributed by atoms with Crippen LogP contribution >= 0.6 is 23.1 Å². The SMILES string of the molecule is Cc1ccc(NC(=O)CSCC(=O)Nc2nc3cc(C)ccc3s2)cc1. The maximum atomic E-state index is 12.0. The summed E-state index contributed by atoms with van der Waals surface area (Å²) >= 11 is 2.72. The van der Waals surface area contributed by atoms with Crippen molar-refractivity contribution >= 4 is 55.9 Å². The fourth-order valence-corrected chi connectivity index (χ4v) is 3.80. The summed E-state index contributed by atoms with van der Waals surface area (Å²) in [7, 11) is 0. The summed E-state index contributed by atoms with van der Waals surface area (Å²) in [6.07, 6.45) is 0. The molecule has 3 rings (SSSR count). The Morgan fingerprint density at radius 3 is 2.35 bits per heavy atom. The third-order valence-electron chi connectivity index (χ3n) is 3.59. The second-order valence-corrected chi connectivity index (χ2v) is 7.96. The van der Waals surface area contributed by atoms with Gasteiger partial charge in [0.1, 0.15) is 0 Å². The Labute approximate surface area is 160 Å². The third kappa shape index (κ3) is 5.06. The zero-order chi connectivity index (χ0) is 18.5. The Hall–Kier alpha value is -2.38. The summed E-state index contributed by atoms with van der Waals surface area (Å²) in [6.45, 7) is 4.00. The van der Waals surface area contributed by atoms with Gasteiger partial charge in [-0.25, -0.2) is 4.98 Å². The summed E-state index contributed by atoms with van der Waals surface area (Å²) < 4.78 is 1.04. The first-order valence-electron chi connectivity index (χ1n) is 8.11. The van der Waals surface area contributed by atoms with Gasteiger partial charge in [-0.15, -0.1) is 11.8 Å². The van der Waals surface area contributed by atoms with Gasteiger partial charge in [-0.3, -0.25) is 9.59 Å². The molecule has 26 heavy (non-hydrogen) atoms. The summed E-state index contributed by atoms with van der Waals surface area (Å²) in [5, 5.41) is 6.19. The number of aromatic nitrogens is 1. The van der Waals surface area contributed by atoms with Crippen molar-refractivity contribution in [2.75, 3.05) is 22.1 Å². The van der Waals surface area contributed by atoms with Crippen LogP contribution in [0, 0.1) is 13.8 Å². The number of fused-ring (bicyclic) bond motifs is 1. The topological polar surface area (TPSA) is 71.1 Å². The Kier molecular flexibility index (Phi) is 5.90. The number of benzene rings is 2. The highest BCUT2D eigenvalue weighted by Crippen LogP contribution is 2.26. The number of nitrogens with one attached hydrogen (secondary N) is 2. The van der Waals surface area contributed by atoms with Crippen molar-refractivity contribution in [1.82, 2.24) is 4.98 Å². The van der Waals surface area contributed by atoms with Crippen LogP contribution in [0.2, 0.25) is 0 Å². The number of rotatable bonds is 6. The molecule has 0 unspecified atom stereocenters. The molecule has 0 aliphatic rings. The second kappa shape index (κ2) is 8.33. The molecule has 0 radical (unpaired) electrons. The van der Waals surface area contributed by atoms with Crippen LogP contribution in [0.4, 0.5) is 10.8 Å². The number of hydrogen-bond acceptors (Lipinski definition) is 5. The van der Waals surface area contributed by atoms with E-state index in [0.717, 1.165) is 27.0 Å². The van der Waals surface area contributed by atoms with Crippen molar-refractivity contribution in [2.45, 2.75) is 13.8 Å². The minimum atomic E-state index is -0.158. The molecule has 0 aliphatic heterocycles. The van der Waals surface area contributed by atoms with Crippen molar-refractivity contribution in [3.05, 3.63) is 53.6 Å². The maximum absolute atomic E-state index is 12.0. The zero-order valence-corrected chi connectivity index (χ0v) is 16.2. The molecule has 1 heterocycles. The smallest absolute Gasteiger partial charge is 0.236 e. The van der Waals surface area contributed by atoms with Crippen molar-refractivity contribution in [1.29, 1.82) is 0 Å². The van der Waals surface area contributed by atoms with Crippen LogP contribution < -0.4 is 10.6 Å². The van der Waals surface area contributed by atoms with Gasteiger partial charge in [-0.2, -0.15) is 0 Å². The zero-order valence-electron chi connectivity index (χ0n) is 14.5. The predicted molar refractivity (Wildman–Crippen MR) is 110 cm³/mol. The molecule has 134 valence electrons. The van der Waals surface area contributed by atoms with Crippen LogP contribution in [0.1, 0.15) is 11.1 Å². The Morgan fingerprint density at radius 1 is 0.962 bits per heavy atom. The molecule has 5 nitrogen and oxygen atoms in total. The lowest BCUT2D eigenvalue weighted by Crippen LogP contribution is -2.18. The summed E-state index contributed by atoms with van der Waals surface area (Å²) in [5.74, 6) is 0.146. The molecule has 0 aliphatic carbocycles. The van der Waals surface area contributed by atoms with Crippen molar-refractivity contribution in [3.8, 4) is 0 Å². The monoisotopic (exact) mass is 385 g/mol. The van der Waals surface area contributed by atoms with E-state index in [2.05, 4.69) is 15.6 Å². The quantitative estimate of drug-likeness (QED) is 0.666. The summed E-state index contributed by atoms with van der Waals surface area (Å²) in [5.41, 5.74) is 3.92. The highest BCUT2D eigenvalue weighted by molar-refractivity contribution is 8.00. The van der Waals surface area contributed by atoms with E-state index >= 15 is 0 Å². The van der Waals surface area contributed by atoms with E-state index in [-0.39, 0.29) is 23.3 Å². The van der Waals surface area contributed by atoms with Gasteiger partial charge in [-0.1, -0.05) is 35.1 Å². The Morgan fingerprint density at radius 2 is 1.62 bits per heavy atom. The molecule has 2 amide bonds. The molecule has 0 saturated carbocycles. The average Bonchev–Trinajstić information content (AvgIpc) is 2.98. The molecule has 7 heteroatoms. The van der Waals surface area contributed by atoms with E-state index in [4.69, 9.17) is 0 Å². The highest BCUT2D eigenvalue weighted by Gasteiger charge is 2.10. The molecular weight excluding hydrogens is 366 g/mol. The van der Waals surface area contributed by atoms with Crippen molar-refractivity contribution in [2.24, 2.45) is 0 Å². The van der Waals surface area contributed by atoms with Gasteiger partial charge in [0.05, 0.1) is 21.7 Å². The van der Waals surface area contributed by atoms with Crippen LogP contribution in [0.3, 0.4) is 0 Å². The van der Waals surface area contributed by atoms with Gasteiger partial charge < -0.3 is 10.6 Å². The Balaban J connectivity index is 1.44. The number of amides is 2. The van der Waals surface area contributed by atoms with Gasteiger partial charge in [0.15, 0.2) is 5.13 Å². The third-order valence-corrected chi connectivity index (χ3v) is 5.48. The first kappa shape index (κ1) is 18.4. The van der Waals surface area contributed by atoms with Crippen LogP contribution in [-0.2, 0) is 9.59 Å². The van der Waals surface area contributed by atoms with Crippen LogP contribution in [0.5, 0.6) is 0 Å². The van der Waals surface area contributed by atoms with E-state index in [9.17, 15) is 9.59 Å².